The molecule has 1 aromatic carbocycles. The molecule has 0 aromatic heterocycles. The van der Waals surface area contributed by atoms with Gasteiger partial charge in [0.15, 0.2) is 0 Å². The summed E-state index contributed by atoms with van der Waals surface area (Å²) in [5, 5.41) is 2.92. The number of nitrogens with one attached hydrogen (secondary N) is 1. The van der Waals surface area contributed by atoms with Gasteiger partial charge in [-0.05, 0) is 37.8 Å². The molecule has 1 aromatic rings. The van der Waals surface area contributed by atoms with Crippen molar-refractivity contribution in [1.82, 2.24) is 10.2 Å². The van der Waals surface area contributed by atoms with Crippen LogP contribution in [0.4, 0.5) is 0 Å². The van der Waals surface area contributed by atoms with Crippen LogP contribution in [0.2, 0.25) is 0 Å². The van der Waals surface area contributed by atoms with Crippen LogP contribution in [0, 0.1) is 5.92 Å². The third kappa shape index (κ3) is 3.67. The second-order valence-corrected chi connectivity index (χ2v) is 7.08. The van der Waals surface area contributed by atoms with Gasteiger partial charge in [-0.1, -0.05) is 31.0 Å². The fourth-order valence-electron chi connectivity index (χ4n) is 3.81. The molecular weight excluding hydrogens is 318 g/mol. The Hall–Kier alpha value is -2.37. The molecule has 3 amide bonds. The minimum atomic E-state index is -1.03. The van der Waals surface area contributed by atoms with Crippen LogP contribution in [0.15, 0.2) is 30.3 Å². The van der Waals surface area contributed by atoms with E-state index >= 15 is 0 Å². The Morgan fingerprint density at radius 2 is 1.64 bits per heavy atom. The van der Waals surface area contributed by atoms with Crippen LogP contribution in [0.25, 0.3) is 0 Å². The van der Waals surface area contributed by atoms with E-state index in [4.69, 9.17) is 5.73 Å². The topological polar surface area (TPSA) is 92.5 Å². The van der Waals surface area contributed by atoms with Crippen LogP contribution in [-0.2, 0) is 9.59 Å². The number of hydrogen-bond donors (Lipinski definition) is 2. The highest BCUT2D eigenvalue weighted by molar-refractivity contribution is 5.95. The van der Waals surface area contributed by atoms with E-state index in [1.165, 1.54) is 0 Å². The summed E-state index contributed by atoms with van der Waals surface area (Å²) in [6.45, 7) is 0.809. The number of carbonyl (C=O) groups is 3. The highest BCUT2D eigenvalue weighted by Crippen LogP contribution is 2.28. The third-order valence-electron chi connectivity index (χ3n) is 5.49. The van der Waals surface area contributed by atoms with E-state index in [0.717, 1.165) is 25.7 Å². The number of nitrogens with zero attached hydrogens (tertiary/aromatic N) is 1. The second kappa shape index (κ2) is 7.25. The van der Waals surface area contributed by atoms with Gasteiger partial charge in [0.1, 0.15) is 5.54 Å². The van der Waals surface area contributed by atoms with Crippen molar-refractivity contribution in [3.05, 3.63) is 35.9 Å². The molecule has 1 heterocycles. The Labute approximate surface area is 147 Å². The molecule has 3 rings (SSSR count). The number of hydrogen-bond acceptors (Lipinski definition) is 3. The van der Waals surface area contributed by atoms with E-state index in [9.17, 15) is 14.4 Å². The maximum Gasteiger partial charge on any atom is 0.253 e. The van der Waals surface area contributed by atoms with E-state index in [1.54, 1.807) is 17.0 Å². The second-order valence-electron chi connectivity index (χ2n) is 7.08. The molecule has 0 spiro atoms. The minimum Gasteiger partial charge on any atom is -0.368 e. The molecule has 6 nitrogen and oxygen atoms in total. The van der Waals surface area contributed by atoms with Gasteiger partial charge in [0, 0.05) is 24.6 Å². The number of likely N-dealkylation sites (tertiary alicyclic amines) is 1. The standard InChI is InChI=1S/C19H25N3O3/c20-18(25)19(21-16(23)14-6-4-5-7-14)10-12-22(13-11-19)17(24)15-8-2-1-3-9-15/h1-3,8-9,14H,4-7,10-13H2,(H2,20,25)(H,21,23). The van der Waals surface area contributed by atoms with Gasteiger partial charge in [-0.3, -0.25) is 14.4 Å². The van der Waals surface area contributed by atoms with Crippen LogP contribution in [0.3, 0.4) is 0 Å². The van der Waals surface area contributed by atoms with Crippen LogP contribution < -0.4 is 11.1 Å². The quantitative estimate of drug-likeness (QED) is 0.867. The molecule has 3 N–H and O–H groups in total. The molecule has 134 valence electrons. The van der Waals surface area contributed by atoms with Crippen LogP contribution >= 0.6 is 0 Å². The average molecular weight is 343 g/mol. The molecule has 6 heteroatoms. The van der Waals surface area contributed by atoms with Crippen molar-refractivity contribution >= 4 is 17.7 Å². The van der Waals surface area contributed by atoms with Crippen molar-refractivity contribution in [1.29, 1.82) is 0 Å². The van der Waals surface area contributed by atoms with Gasteiger partial charge in [0.05, 0.1) is 0 Å². The molecule has 1 aliphatic carbocycles. The number of primary amides is 1. The Morgan fingerprint density at radius 3 is 2.20 bits per heavy atom. The van der Waals surface area contributed by atoms with Crippen LogP contribution in [-0.4, -0.2) is 41.2 Å². The number of carbonyl (C=O) groups excluding carboxylic acids is 3. The lowest BCUT2D eigenvalue weighted by Crippen LogP contribution is -2.63. The molecule has 2 aliphatic rings. The highest BCUT2D eigenvalue weighted by atomic mass is 16.2. The van der Waals surface area contributed by atoms with E-state index in [0.29, 0.717) is 31.5 Å². The summed E-state index contributed by atoms with van der Waals surface area (Å²) in [4.78, 5) is 38.8. The zero-order chi connectivity index (χ0) is 17.9. The molecule has 25 heavy (non-hydrogen) atoms. The summed E-state index contributed by atoms with van der Waals surface area (Å²) in [7, 11) is 0. The molecule has 1 saturated heterocycles. The van der Waals surface area contributed by atoms with Crippen molar-refractivity contribution in [2.24, 2.45) is 11.7 Å². The van der Waals surface area contributed by atoms with Crippen LogP contribution in [0.1, 0.15) is 48.9 Å². The zero-order valence-electron chi connectivity index (χ0n) is 14.4. The monoisotopic (exact) mass is 343 g/mol. The number of amides is 3. The van der Waals surface area contributed by atoms with Gasteiger partial charge in [-0.2, -0.15) is 0 Å². The molecule has 2 fully saturated rings. The largest absolute Gasteiger partial charge is 0.368 e. The van der Waals surface area contributed by atoms with E-state index < -0.39 is 11.4 Å². The normalized spacial score (nSPS) is 20.2. The lowest BCUT2D eigenvalue weighted by atomic mass is 9.85. The van der Waals surface area contributed by atoms with Crippen molar-refractivity contribution in [2.75, 3.05) is 13.1 Å². The summed E-state index contributed by atoms with van der Waals surface area (Å²) in [5.74, 6) is -0.647. The predicted molar refractivity (Wildman–Crippen MR) is 93.6 cm³/mol. The lowest BCUT2D eigenvalue weighted by Gasteiger charge is -2.40. The SMILES string of the molecule is NC(=O)C1(NC(=O)C2CCCC2)CCN(C(=O)c2ccccc2)CC1. The van der Waals surface area contributed by atoms with Gasteiger partial charge >= 0.3 is 0 Å². The number of nitrogens with two attached hydrogens (primary N) is 1. The number of benzene rings is 1. The zero-order valence-corrected chi connectivity index (χ0v) is 14.4. The Morgan fingerprint density at radius 1 is 1.04 bits per heavy atom. The first-order chi connectivity index (χ1) is 12.0. The summed E-state index contributed by atoms with van der Waals surface area (Å²) in [6, 6.07) is 9.07. The van der Waals surface area contributed by atoms with Crippen molar-refractivity contribution in [2.45, 2.75) is 44.1 Å². The molecule has 0 unspecified atom stereocenters. The van der Waals surface area contributed by atoms with Gasteiger partial charge in [0.25, 0.3) is 5.91 Å². The summed E-state index contributed by atoms with van der Waals surface area (Å²) >= 11 is 0. The van der Waals surface area contributed by atoms with Crippen molar-refractivity contribution in [3.63, 3.8) is 0 Å². The highest BCUT2D eigenvalue weighted by Gasteiger charge is 2.43. The number of rotatable bonds is 4. The molecule has 1 aliphatic heterocycles. The van der Waals surface area contributed by atoms with E-state index in [-0.39, 0.29) is 17.7 Å². The Kier molecular flexibility index (Phi) is 5.06. The van der Waals surface area contributed by atoms with Crippen LogP contribution in [0.5, 0.6) is 0 Å². The van der Waals surface area contributed by atoms with Gasteiger partial charge < -0.3 is 16.0 Å². The summed E-state index contributed by atoms with van der Waals surface area (Å²) in [6.07, 6.45) is 4.58. The first-order valence-electron chi connectivity index (χ1n) is 8.98. The van der Waals surface area contributed by atoms with Gasteiger partial charge in [-0.15, -0.1) is 0 Å². The molecular formula is C19H25N3O3. The Bertz CT molecular complexity index is 645. The predicted octanol–water partition coefficient (Wildman–Crippen LogP) is 1.45. The van der Waals surface area contributed by atoms with E-state index in [1.807, 2.05) is 18.2 Å². The smallest absolute Gasteiger partial charge is 0.253 e. The van der Waals surface area contributed by atoms with Gasteiger partial charge in [0.2, 0.25) is 11.8 Å². The fourth-order valence-corrected chi connectivity index (χ4v) is 3.81. The average Bonchev–Trinajstić information content (AvgIpc) is 3.17. The lowest BCUT2D eigenvalue weighted by molar-refractivity contribution is -0.135. The first kappa shape index (κ1) is 17.5. The molecule has 1 saturated carbocycles. The maximum atomic E-state index is 12.5. The van der Waals surface area contributed by atoms with Crippen molar-refractivity contribution in [3.8, 4) is 0 Å². The summed E-state index contributed by atoms with van der Waals surface area (Å²) < 4.78 is 0. The Balaban J connectivity index is 1.65. The van der Waals surface area contributed by atoms with Crippen molar-refractivity contribution < 1.29 is 14.4 Å². The molecule has 0 bridgehead atoms. The van der Waals surface area contributed by atoms with E-state index in [2.05, 4.69) is 5.32 Å². The fraction of sp³-hybridized carbons (Fsp3) is 0.526. The summed E-state index contributed by atoms with van der Waals surface area (Å²) in [5.41, 5.74) is 5.22. The first-order valence-corrected chi connectivity index (χ1v) is 8.98. The number of piperidine rings is 1. The molecule has 0 radical (unpaired) electrons. The third-order valence-corrected chi connectivity index (χ3v) is 5.49. The molecule has 0 atom stereocenters. The van der Waals surface area contributed by atoms with Gasteiger partial charge in [-0.25, -0.2) is 0 Å². The maximum absolute atomic E-state index is 12.5. The minimum absolute atomic E-state index is 0.0137.